The third kappa shape index (κ3) is 6.91. The van der Waals surface area contributed by atoms with E-state index in [1.165, 1.54) is 5.56 Å². The van der Waals surface area contributed by atoms with Crippen molar-refractivity contribution in [2.24, 2.45) is 0 Å². The molecule has 1 heterocycles. The maximum atomic E-state index is 12.0. The van der Waals surface area contributed by atoms with Crippen LogP contribution >= 0.6 is 0 Å². The van der Waals surface area contributed by atoms with E-state index in [2.05, 4.69) is 39.6 Å². The Labute approximate surface area is 179 Å². The van der Waals surface area contributed by atoms with Gasteiger partial charge in [-0.05, 0) is 23.6 Å². The van der Waals surface area contributed by atoms with Crippen LogP contribution in [0.1, 0.15) is 29.5 Å². The highest BCUT2D eigenvalue weighted by Gasteiger charge is 2.19. The van der Waals surface area contributed by atoms with Crippen LogP contribution in [0.3, 0.4) is 0 Å². The van der Waals surface area contributed by atoms with Crippen LogP contribution in [0.15, 0.2) is 54.6 Å². The predicted octanol–water partition coefficient (Wildman–Crippen LogP) is 1.69. The molecule has 1 fully saturated rings. The molecule has 0 aromatic heterocycles. The molecule has 7 nitrogen and oxygen atoms in total. The number of piperazine rings is 1. The Morgan fingerprint density at radius 2 is 1.60 bits per heavy atom. The first-order valence-electron chi connectivity index (χ1n) is 10.2. The van der Waals surface area contributed by atoms with E-state index in [0.29, 0.717) is 6.54 Å². The van der Waals surface area contributed by atoms with Gasteiger partial charge < -0.3 is 0 Å². The summed E-state index contributed by atoms with van der Waals surface area (Å²) in [5.41, 5.74) is 6.72. The molecule has 1 amide bonds. The van der Waals surface area contributed by atoms with Gasteiger partial charge in [0.1, 0.15) is 0 Å². The number of hydrogen-bond acceptors (Lipinski definition) is 6. The average Bonchev–Trinajstić information content (AvgIpc) is 2.73. The Balaban J connectivity index is 1.43. The van der Waals surface area contributed by atoms with Crippen LogP contribution in [0.4, 0.5) is 0 Å². The monoisotopic (exact) mass is 430 g/mol. The second-order valence-corrected chi connectivity index (χ2v) is 9.53. The average molecular weight is 431 g/mol. The number of sulfonamides is 1. The number of hydrogen-bond donors (Lipinski definition) is 2. The smallest absolute Gasteiger partial charge is 0.240 e. The van der Waals surface area contributed by atoms with Crippen LogP contribution in [-0.4, -0.2) is 56.7 Å². The van der Waals surface area contributed by atoms with Crippen molar-refractivity contribution >= 4 is 15.9 Å². The number of rotatable bonds is 8. The van der Waals surface area contributed by atoms with Crippen molar-refractivity contribution in [3.63, 3.8) is 0 Å². The number of carbonyl (C=O) groups is 1. The Bertz CT molecular complexity index is 925. The molecular weight excluding hydrogens is 400 g/mol. The van der Waals surface area contributed by atoms with Crippen LogP contribution in [0.2, 0.25) is 0 Å². The van der Waals surface area contributed by atoms with Crippen molar-refractivity contribution in [1.29, 1.82) is 0 Å². The topological polar surface area (TPSA) is 81.7 Å². The fraction of sp³-hybridized carbons (Fsp3) is 0.409. The summed E-state index contributed by atoms with van der Waals surface area (Å²) in [4.78, 5) is 14.5. The van der Waals surface area contributed by atoms with Gasteiger partial charge in [-0.1, -0.05) is 54.6 Å². The molecule has 1 aliphatic rings. The second-order valence-electron chi connectivity index (χ2n) is 7.79. The Morgan fingerprint density at radius 1 is 0.967 bits per heavy atom. The molecule has 2 N–H and O–H groups in total. The zero-order valence-corrected chi connectivity index (χ0v) is 18.4. The van der Waals surface area contributed by atoms with E-state index in [1.807, 2.05) is 35.1 Å². The summed E-state index contributed by atoms with van der Waals surface area (Å²) >= 11 is 0. The summed E-state index contributed by atoms with van der Waals surface area (Å²) in [6.07, 6.45) is 0.980. The Hall–Kier alpha value is -2.26. The highest BCUT2D eigenvalue weighted by Crippen LogP contribution is 2.16. The van der Waals surface area contributed by atoms with Gasteiger partial charge >= 0.3 is 0 Å². The number of amides is 1. The largest absolute Gasteiger partial charge is 0.296 e. The number of carbonyl (C=O) groups excluding carboxylic acids is 1. The summed E-state index contributed by atoms with van der Waals surface area (Å²) in [5, 5.41) is 2.25. The highest BCUT2D eigenvalue weighted by molar-refractivity contribution is 7.89. The lowest BCUT2D eigenvalue weighted by atomic mass is 9.99. The van der Waals surface area contributed by atoms with E-state index in [1.54, 1.807) is 6.92 Å². The molecule has 2 aromatic carbocycles. The first kappa shape index (κ1) is 22.4. The summed E-state index contributed by atoms with van der Waals surface area (Å²) < 4.78 is 24.5. The van der Waals surface area contributed by atoms with E-state index in [9.17, 15) is 13.2 Å². The number of hydrazine groups is 1. The van der Waals surface area contributed by atoms with Gasteiger partial charge in [-0.3, -0.25) is 19.8 Å². The van der Waals surface area contributed by atoms with Crippen molar-refractivity contribution < 1.29 is 13.2 Å². The van der Waals surface area contributed by atoms with Crippen molar-refractivity contribution in [3.05, 3.63) is 71.3 Å². The third-order valence-corrected chi connectivity index (χ3v) is 5.86. The van der Waals surface area contributed by atoms with Crippen LogP contribution in [0.5, 0.6) is 0 Å². The van der Waals surface area contributed by atoms with Gasteiger partial charge in [-0.2, -0.15) is 0 Å². The number of nitrogens with one attached hydrogen (secondary N) is 2. The first-order chi connectivity index (χ1) is 14.3. The maximum Gasteiger partial charge on any atom is 0.240 e. The third-order valence-electron chi connectivity index (χ3n) is 5.29. The predicted molar refractivity (Wildman–Crippen MR) is 118 cm³/mol. The molecule has 0 spiro atoms. The van der Waals surface area contributed by atoms with Crippen LogP contribution in [0, 0.1) is 0 Å². The Morgan fingerprint density at radius 3 is 2.20 bits per heavy atom. The molecule has 0 unspecified atom stereocenters. The van der Waals surface area contributed by atoms with E-state index < -0.39 is 21.8 Å². The van der Waals surface area contributed by atoms with E-state index in [4.69, 9.17) is 0 Å². The molecule has 0 bridgehead atoms. The summed E-state index contributed by atoms with van der Waals surface area (Å²) in [5.74, 6) is -1.05. The molecule has 1 saturated heterocycles. The van der Waals surface area contributed by atoms with E-state index in [-0.39, 0.29) is 0 Å². The van der Waals surface area contributed by atoms with Gasteiger partial charge in [0.25, 0.3) is 0 Å². The van der Waals surface area contributed by atoms with Crippen LogP contribution in [0.25, 0.3) is 0 Å². The van der Waals surface area contributed by atoms with Crippen molar-refractivity contribution in [1.82, 2.24) is 20.1 Å². The van der Waals surface area contributed by atoms with Gasteiger partial charge in [0.05, 0.1) is 12.2 Å². The van der Waals surface area contributed by atoms with E-state index >= 15 is 0 Å². The van der Waals surface area contributed by atoms with Gasteiger partial charge in [-0.15, -0.1) is 0 Å². The van der Waals surface area contributed by atoms with Gasteiger partial charge in [0.15, 0.2) is 0 Å². The first-order valence-corrected chi connectivity index (χ1v) is 12.0. The lowest BCUT2D eigenvalue weighted by Gasteiger charge is -2.35. The van der Waals surface area contributed by atoms with Gasteiger partial charge in [0, 0.05) is 39.3 Å². The second kappa shape index (κ2) is 10.2. The minimum Gasteiger partial charge on any atom is -0.296 e. The standard InChI is InChI=1S/C22H30N4O3S/c1-18(22(27)24-30(2,28)29)21-10-8-19(9-11-21)16-23-26-14-12-25(13-15-26)17-20-6-4-3-5-7-20/h3-11,18,23H,12-17H2,1-2H3,(H,24,27)/t18-/m1/s1. The molecule has 30 heavy (non-hydrogen) atoms. The van der Waals surface area contributed by atoms with Gasteiger partial charge in [-0.25, -0.2) is 13.4 Å². The van der Waals surface area contributed by atoms with Crippen molar-refractivity contribution in [2.75, 3.05) is 32.4 Å². The highest BCUT2D eigenvalue weighted by atomic mass is 32.2. The van der Waals surface area contributed by atoms with E-state index in [0.717, 1.165) is 50.1 Å². The zero-order valence-electron chi connectivity index (χ0n) is 17.5. The molecule has 2 aromatic rings. The summed E-state index contributed by atoms with van der Waals surface area (Å²) in [7, 11) is -3.55. The summed E-state index contributed by atoms with van der Waals surface area (Å²) in [6, 6.07) is 18.2. The molecule has 162 valence electrons. The number of benzene rings is 2. The molecule has 1 aliphatic heterocycles. The minimum atomic E-state index is -3.55. The molecule has 8 heteroatoms. The maximum absolute atomic E-state index is 12.0. The fourth-order valence-corrected chi connectivity index (χ4v) is 4.00. The molecule has 0 aliphatic carbocycles. The fourth-order valence-electron chi connectivity index (χ4n) is 3.46. The van der Waals surface area contributed by atoms with Crippen LogP contribution in [-0.2, 0) is 27.9 Å². The lowest BCUT2D eigenvalue weighted by molar-refractivity contribution is -0.120. The zero-order chi connectivity index (χ0) is 21.6. The minimum absolute atomic E-state index is 0.517. The Kier molecular flexibility index (Phi) is 7.60. The molecule has 0 radical (unpaired) electrons. The van der Waals surface area contributed by atoms with Crippen LogP contribution < -0.4 is 10.1 Å². The molecule has 0 saturated carbocycles. The molecule has 1 atom stereocenters. The SMILES string of the molecule is C[C@@H](C(=O)NS(C)(=O)=O)c1ccc(CNN2CCN(Cc3ccccc3)CC2)cc1. The molecule has 3 rings (SSSR count). The molecular formula is C22H30N4O3S. The normalized spacial score (nSPS) is 16.9. The van der Waals surface area contributed by atoms with Gasteiger partial charge in [0.2, 0.25) is 15.9 Å². The number of nitrogens with zero attached hydrogens (tertiary/aromatic N) is 2. The van der Waals surface area contributed by atoms with Crippen molar-refractivity contribution in [2.45, 2.75) is 25.9 Å². The lowest BCUT2D eigenvalue weighted by Crippen LogP contribution is -2.51. The quantitative estimate of drug-likeness (QED) is 0.663. The van der Waals surface area contributed by atoms with Crippen molar-refractivity contribution in [3.8, 4) is 0 Å². The summed E-state index contributed by atoms with van der Waals surface area (Å²) in [6.45, 7) is 7.37.